The van der Waals surface area contributed by atoms with Gasteiger partial charge in [-0.2, -0.15) is 0 Å². The first kappa shape index (κ1) is 13.3. The summed E-state index contributed by atoms with van der Waals surface area (Å²) >= 11 is 1.15. The molecule has 0 unspecified atom stereocenters. The highest BCUT2D eigenvalue weighted by atomic mass is 32.1. The summed E-state index contributed by atoms with van der Waals surface area (Å²) in [7, 11) is 0. The van der Waals surface area contributed by atoms with Gasteiger partial charge >= 0.3 is 0 Å². The molecule has 0 radical (unpaired) electrons. The molecule has 0 N–H and O–H groups in total. The molecule has 0 bridgehead atoms. The molecule has 3 aromatic rings. The van der Waals surface area contributed by atoms with Gasteiger partial charge in [0.2, 0.25) is 0 Å². The van der Waals surface area contributed by atoms with Gasteiger partial charge in [-0.1, -0.05) is 24.3 Å². The number of carboxylic acid groups (broad SMARTS) is 2. The van der Waals surface area contributed by atoms with E-state index < -0.39 is 17.4 Å². The fraction of sp³-hybridized carbons (Fsp3) is 0. The zero-order chi connectivity index (χ0) is 15.1. The molecule has 0 aliphatic heterocycles. The van der Waals surface area contributed by atoms with E-state index in [1.54, 1.807) is 12.1 Å². The van der Waals surface area contributed by atoms with Crippen LogP contribution < -0.4 is 15.6 Å². The van der Waals surface area contributed by atoms with E-state index in [1.807, 2.05) is 0 Å². The van der Waals surface area contributed by atoms with Crippen molar-refractivity contribution in [3.05, 3.63) is 57.7 Å². The second-order valence-corrected chi connectivity index (χ2v) is 5.45. The Balaban J connectivity index is 2.62. The van der Waals surface area contributed by atoms with Gasteiger partial charge in [0.25, 0.3) is 0 Å². The molecule has 0 saturated carbocycles. The van der Waals surface area contributed by atoms with E-state index >= 15 is 0 Å². The van der Waals surface area contributed by atoms with E-state index in [0.29, 0.717) is 9.40 Å². The van der Waals surface area contributed by atoms with Crippen LogP contribution >= 0.6 is 11.3 Å². The van der Waals surface area contributed by atoms with Crippen molar-refractivity contribution in [2.45, 2.75) is 0 Å². The summed E-state index contributed by atoms with van der Waals surface area (Å²) in [6, 6.07) is 8.77. The molecular formula is C15H6O5S-2. The molecule has 0 fully saturated rings. The third-order valence-electron chi connectivity index (χ3n) is 3.17. The Morgan fingerprint density at radius 2 is 1.24 bits per heavy atom. The van der Waals surface area contributed by atoms with Crippen molar-refractivity contribution in [1.29, 1.82) is 0 Å². The Bertz CT molecular complexity index is 896. The first-order valence-corrected chi connectivity index (χ1v) is 6.73. The number of carboxylic acids is 2. The molecule has 0 amide bonds. The topological polar surface area (TPSA) is 97.3 Å². The van der Waals surface area contributed by atoms with Crippen LogP contribution in [0, 0.1) is 0 Å². The van der Waals surface area contributed by atoms with Gasteiger partial charge in [-0.05, 0) is 12.1 Å². The van der Waals surface area contributed by atoms with Crippen molar-refractivity contribution in [1.82, 2.24) is 0 Å². The summed E-state index contributed by atoms with van der Waals surface area (Å²) in [5.41, 5.74) is -1.13. The number of aromatic carboxylic acids is 2. The lowest BCUT2D eigenvalue weighted by molar-refractivity contribution is -0.255. The van der Waals surface area contributed by atoms with Crippen molar-refractivity contribution < 1.29 is 19.8 Å². The van der Waals surface area contributed by atoms with Crippen LogP contribution in [0.25, 0.3) is 20.2 Å². The number of carbonyl (C=O) groups is 2. The Hall–Kier alpha value is -2.73. The van der Waals surface area contributed by atoms with Crippen LogP contribution in [-0.4, -0.2) is 11.9 Å². The number of hydrogen-bond donors (Lipinski definition) is 0. The third-order valence-corrected chi connectivity index (χ3v) is 4.29. The van der Waals surface area contributed by atoms with E-state index in [4.69, 9.17) is 0 Å². The second-order valence-electron chi connectivity index (χ2n) is 4.36. The van der Waals surface area contributed by atoms with Crippen LogP contribution in [0.4, 0.5) is 0 Å². The van der Waals surface area contributed by atoms with Crippen LogP contribution in [0.5, 0.6) is 0 Å². The lowest BCUT2D eigenvalue weighted by Crippen LogP contribution is -2.26. The van der Waals surface area contributed by atoms with Crippen LogP contribution in [-0.2, 0) is 0 Å². The fourth-order valence-corrected chi connectivity index (χ4v) is 3.42. The summed E-state index contributed by atoms with van der Waals surface area (Å²) in [5, 5.41) is 22.2. The third kappa shape index (κ3) is 1.96. The SMILES string of the molecule is O=C([O-])c1cccc2sc3cccc(C(=O)[O-])c3c(=O)c12. The standard InChI is InChI=1S/C15H8O5S/c16-13-11-7(14(17)18)3-1-5-9(11)21-10-6-2-4-8(12(10)13)15(19)20/h1-6H,(H,17,18)(H,19,20)/p-2. The predicted octanol–water partition coefficient (Wildman–Crippen LogP) is 0.142. The van der Waals surface area contributed by atoms with Crippen molar-refractivity contribution >= 4 is 43.4 Å². The summed E-state index contributed by atoms with van der Waals surface area (Å²) < 4.78 is 0.925. The minimum atomic E-state index is -1.48. The van der Waals surface area contributed by atoms with Gasteiger partial charge in [0.15, 0.2) is 5.43 Å². The molecule has 0 atom stereocenters. The van der Waals surface area contributed by atoms with Gasteiger partial charge in [-0.25, -0.2) is 0 Å². The molecule has 0 aliphatic rings. The lowest BCUT2D eigenvalue weighted by Gasteiger charge is -2.10. The Morgan fingerprint density at radius 1 is 0.810 bits per heavy atom. The van der Waals surface area contributed by atoms with Gasteiger partial charge in [-0.15, -0.1) is 11.3 Å². The number of fused-ring (bicyclic) bond motifs is 2. The van der Waals surface area contributed by atoms with Crippen molar-refractivity contribution in [2.75, 3.05) is 0 Å². The Kier molecular flexibility index (Phi) is 2.95. The highest BCUT2D eigenvalue weighted by Crippen LogP contribution is 2.28. The van der Waals surface area contributed by atoms with E-state index in [0.717, 1.165) is 11.3 Å². The molecule has 21 heavy (non-hydrogen) atoms. The summed E-state index contributed by atoms with van der Waals surface area (Å²) in [4.78, 5) is 34.9. The molecule has 6 heteroatoms. The maximum Gasteiger partial charge on any atom is 0.197 e. The summed E-state index contributed by atoms with van der Waals surface area (Å²) in [6.07, 6.45) is 0. The first-order valence-electron chi connectivity index (χ1n) is 5.92. The number of carbonyl (C=O) groups excluding carboxylic acids is 2. The zero-order valence-electron chi connectivity index (χ0n) is 10.4. The maximum atomic E-state index is 12.6. The van der Waals surface area contributed by atoms with Gasteiger partial charge in [0, 0.05) is 31.3 Å². The highest BCUT2D eigenvalue weighted by Gasteiger charge is 2.13. The summed E-state index contributed by atoms with van der Waals surface area (Å²) in [5.74, 6) is -2.95. The molecule has 1 heterocycles. The van der Waals surface area contributed by atoms with Crippen molar-refractivity contribution in [2.24, 2.45) is 0 Å². The number of hydrogen-bond acceptors (Lipinski definition) is 6. The molecule has 5 nitrogen and oxygen atoms in total. The van der Waals surface area contributed by atoms with Gasteiger partial charge in [0.05, 0.1) is 11.9 Å². The first-order chi connectivity index (χ1) is 10.0. The Labute approximate surface area is 121 Å². The molecular weight excluding hydrogens is 292 g/mol. The molecule has 0 saturated heterocycles. The van der Waals surface area contributed by atoms with Gasteiger partial charge < -0.3 is 19.8 Å². The second kappa shape index (κ2) is 4.68. The molecule has 0 spiro atoms. The molecule has 3 rings (SSSR count). The van der Waals surface area contributed by atoms with Crippen LogP contribution in [0.3, 0.4) is 0 Å². The van der Waals surface area contributed by atoms with Crippen LogP contribution in [0.15, 0.2) is 41.2 Å². The molecule has 1 aromatic heterocycles. The number of rotatable bonds is 2. The molecule has 104 valence electrons. The maximum absolute atomic E-state index is 12.6. The highest BCUT2D eigenvalue weighted by molar-refractivity contribution is 7.24. The normalized spacial score (nSPS) is 10.9. The smallest absolute Gasteiger partial charge is 0.197 e. The van der Waals surface area contributed by atoms with E-state index in [1.165, 1.54) is 24.3 Å². The summed E-state index contributed by atoms with van der Waals surface area (Å²) in [6.45, 7) is 0. The predicted molar refractivity (Wildman–Crippen MR) is 74.3 cm³/mol. The van der Waals surface area contributed by atoms with E-state index in [9.17, 15) is 24.6 Å². The number of benzene rings is 2. The monoisotopic (exact) mass is 298 g/mol. The largest absolute Gasteiger partial charge is 0.545 e. The average molecular weight is 298 g/mol. The molecule has 0 aliphatic carbocycles. The minimum absolute atomic E-state index is 0.0382. The zero-order valence-corrected chi connectivity index (χ0v) is 11.2. The molecule has 2 aromatic carbocycles. The van der Waals surface area contributed by atoms with Crippen LogP contribution in [0.2, 0.25) is 0 Å². The van der Waals surface area contributed by atoms with E-state index in [2.05, 4.69) is 0 Å². The average Bonchev–Trinajstić information content (AvgIpc) is 2.45. The van der Waals surface area contributed by atoms with Gasteiger partial charge in [-0.3, -0.25) is 4.79 Å². The van der Waals surface area contributed by atoms with Gasteiger partial charge in [0.1, 0.15) is 0 Å². The Morgan fingerprint density at radius 3 is 1.62 bits per heavy atom. The van der Waals surface area contributed by atoms with Crippen molar-refractivity contribution in [3.63, 3.8) is 0 Å². The fourth-order valence-electron chi connectivity index (χ4n) is 2.28. The van der Waals surface area contributed by atoms with Crippen LogP contribution in [0.1, 0.15) is 20.7 Å². The van der Waals surface area contributed by atoms with Crippen molar-refractivity contribution in [3.8, 4) is 0 Å². The minimum Gasteiger partial charge on any atom is -0.545 e. The quantitative estimate of drug-likeness (QED) is 0.627. The van der Waals surface area contributed by atoms with E-state index in [-0.39, 0.29) is 21.9 Å². The lowest BCUT2D eigenvalue weighted by atomic mass is 10.1.